The Balaban J connectivity index is 2.58. The standard InChI is InChI=1S/C12H17NO5/c1-16-10-4-3-9(11(7-10)17-2)8-13-12(15)18-6-5-14/h3-4,7,14H,5-6,8H2,1-2H3,(H,13,15). The second-order valence-corrected chi connectivity index (χ2v) is 3.39. The third-order valence-electron chi connectivity index (χ3n) is 2.24. The molecule has 2 N–H and O–H groups in total. The first kappa shape index (κ1) is 14.1. The van der Waals surface area contributed by atoms with Gasteiger partial charge in [-0.15, -0.1) is 0 Å². The van der Waals surface area contributed by atoms with Gasteiger partial charge in [-0.25, -0.2) is 4.79 Å². The van der Waals surface area contributed by atoms with E-state index in [-0.39, 0.29) is 19.8 Å². The molecule has 0 heterocycles. The zero-order valence-corrected chi connectivity index (χ0v) is 10.4. The fraction of sp³-hybridized carbons (Fsp3) is 0.417. The second kappa shape index (κ2) is 7.39. The molecule has 0 aliphatic carbocycles. The van der Waals surface area contributed by atoms with Gasteiger partial charge in [-0.3, -0.25) is 0 Å². The van der Waals surface area contributed by atoms with E-state index in [1.54, 1.807) is 32.4 Å². The van der Waals surface area contributed by atoms with Crippen LogP contribution in [0.1, 0.15) is 5.56 Å². The molecule has 1 rings (SSSR count). The molecule has 100 valence electrons. The Kier molecular flexibility index (Phi) is 5.79. The predicted molar refractivity (Wildman–Crippen MR) is 64.8 cm³/mol. The monoisotopic (exact) mass is 255 g/mol. The lowest BCUT2D eigenvalue weighted by molar-refractivity contribution is 0.118. The molecular formula is C12H17NO5. The molecule has 0 atom stereocenters. The minimum atomic E-state index is -0.582. The van der Waals surface area contributed by atoms with Crippen LogP contribution in [0.4, 0.5) is 4.79 Å². The molecule has 0 bridgehead atoms. The lowest BCUT2D eigenvalue weighted by Crippen LogP contribution is -2.25. The SMILES string of the molecule is COc1ccc(CNC(=O)OCCO)c(OC)c1. The Hall–Kier alpha value is -1.95. The third kappa shape index (κ3) is 4.14. The van der Waals surface area contributed by atoms with Gasteiger partial charge in [0.05, 0.1) is 20.8 Å². The minimum absolute atomic E-state index is 0.0222. The van der Waals surface area contributed by atoms with Crippen LogP contribution in [-0.4, -0.2) is 38.6 Å². The van der Waals surface area contributed by atoms with Crippen molar-refractivity contribution in [1.82, 2.24) is 5.32 Å². The number of hydrogen-bond acceptors (Lipinski definition) is 5. The maximum Gasteiger partial charge on any atom is 0.407 e. The second-order valence-electron chi connectivity index (χ2n) is 3.39. The van der Waals surface area contributed by atoms with E-state index in [4.69, 9.17) is 14.6 Å². The van der Waals surface area contributed by atoms with E-state index in [0.717, 1.165) is 5.56 Å². The molecule has 1 amide bonds. The molecule has 0 aromatic heterocycles. The lowest BCUT2D eigenvalue weighted by Gasteiger charge is -2.11. The Bertz CT molecular complexity index is 394. The Morgan fingerprint density at radius 3 is 2.72 bits per heavy atom. The zero-order valence-electron chi connectivity index (χ0n) is 10.4. The van der Waals surface area contributed by atoms with Gasteiger partial charge in [0.15, 0.2) is 0 Å². The van der Waals surface area contributed by atoms with Crippen LogP contribution in [0, 0.1) is 0 Å². The van der Waals surface area contributed by atoms with Gasteiger partial charge >= 0.3 is 6.09 Å². The van der Waals surface area contributed by atoms with Crippen LogP contribution in [-0.2, 0) is 11.3 Å². The van der Waals surface area contributed by atoms with Crippen molar-refractivity contribution in [2.24, 2.45) is 0 Å². The number of nitrogens with one attached hydrogen (secondary N) is 1. The van der Waals surface area contributed by atoms with E-state index < -0.39 is 6.09 Å². The van der Waals surface area contributed by atoms with Gasteiger partial charge in [0, 0.05) is 18.2 Å². The number of aliphatic hydroxyl groups is 1. The molecule has 0 saturated carbocycles. The number of hydrogen-bond donors (Lipinski definition) is 2. The van der Waals surface area contributed by atoms with Crippen molar-refractivity contribution in [2.75, 3.05) is 27.4 Å². The van der Waals surface area contributed by atoms with Crippen molar-refractivity contribution in [3.63, 3.8) is 0 Å². The molecule has 6 nitrogen and oxygen atoms in total. The summed E-state index contributed by atoms with van der Waals surface area (Å²) in [6, 6.07) is 5.30. The van der Waals surface area contributed by atoms with Crippen molar-refractivity contribution in [1.29, 1.82) is 0 Å². The van der Waals surface area contributed by atoms with Gasteiger partial charge in [-0.2, -0.15) is 0 Å². The van der Waals surface area contributed by atoms with Gasteiger partial charge in [0.25, 0.3) is 0 Å². The molecule has 18 heavy (non-hydrogen) atoms. The van der Waals surface area contributed by atoms with Gasteiger partial charge in [-0.05, 0) is 12.1 Å². The molecule has 0 aliphatic heterocycles. The summed E-state index contributed by atoms with van der Waals surface area (Å²) in [5.41, 5.74) is 0.805. The van der Waals surface area contributed by atoms with Gasteiger partial charge in [-0.1, -0.05) is 0 Å². The number of alkyl carbamates (subject to hydrolysis) is 1. The largest absolute Gasteiger partial charge is 0.497 e. The highest BCUT2D eigenvalue weighted by atomic mass is 16.6. The molecule has 0 fully saturated rings. The summed E-state index contributed by atoms with van der Waals surface area (Å²) >= 11 is 0. The van der Waals surface area contributed by atoms with E-state index in [2.05, 4.69) is 10.1 Å². The number of methoxy groups -OCH3 is 2. The zero-order chi connectivity index (χ0) is 13.4. The first-order valence-corrected chi connectivity index (χ1v) is 5.43. The molecule has 0 spiro atoms. The average Bonchev–Trinajstić information content (AvgIpc) is 2.42. The summed E-state index contributed by atoms with van der Waals surface area (Å²) in [7, 11) is 3.11. The van der Waals surface area contributed by atoms with E-state index in [0.29, 0.717) is 11.5 Å². The topological polar surface area (TPSA) is 77.0 Å². The number of amides is 1. The van der Waals surface area contributed by atoms with E-state index in [1.807, 2.05) is 0 Å². The normalized spacial score (nSPS) is 9.72. The summed E-state index contributed by atoms with van der Waals surface area (Å²) in [6.07, 6.45) is -0.582. The van der Waals surface area contributed by atoms with Crippen molar-refractivity contribution in [3.8, 4) is 11.5 Å². The molecule has 0 aliphatic rings. The van der Waals surface area contributed by atoms with Crippen LogP contribution in [0.15, 0.2) is 18.2 Å². The maximum atomic E-state index is 11.2. The van der Waals surface area contributed by atoms with Crippen LogP contribution in [0.2, 0.25) is 0 Å². The molecular weight excluding hydrogens is 238 g/mol. The van der Waals surface area contributed by atoms with Gasteiger partial charge < -0.3 is 24.6 Å². The number of carbonyl (C=O) groups excluding carboxylic acids is 1. The first-order valence-electron chi connectivity index (χ1n) is 5.43. The number of carbonyl (C=O) groups is 1. The van der Waals surface area contributed by atoms with Crippen molar-refractivity contribution >= 4 is 6.09 Å². The Labute approximate surface area is 105 Å². The lowest BCUT2D eigenvalue weighted by atomic mass is 10.2. The van der Waals surface area contributed by atoms with Gasteiger partial charge in [0.2, 0.25) is 0 Å². The quantitative estimate of drug-likeness (QED) is 0.790. The van der Waals surface area contributed by atoms with Gasteiger partial charge in [0.1, 0.15) is 18.1 Å². The summed E-state index contributed by atoms with van der Waals surface area (Å²) in [4.78, 5) is 11.2. The fourth-order valence-electron chi connectivity index (χ4n) is 1.35. The van der Waals surface area contributed by atoms with Crippen molar-refractivity contribution in [2.45, 2.75) is 6.54 Å². The minimum Gasteiger partial charge on any atom is -0.497 e. The molecule has 6 heteroatoms. The predicted octanol–water partition coefficient (Wildman–Crippen LogP) is 0.922. The third-order valence-corrected chi connectivity index (χ3v) is 2.24. The Morgan fingerprint density at radius 1 is 1.33 bits per heavy atom. The molecule has 1 aromatic rings. The number of rotatable bonds is 6. The molecule has 0 radical (unpaired) electrons. The number of aliphatic hydroxyl groups excluding tert-OH is 1. The smallest absolute Gasteiger partial charge is 0.407 e. The van der Waals surface area contributed by atoms with Crippen LogP contribution in [0.5, 0.6) is 11.5 Å². The summed E-state index contributed by atoms with van der Waals surface area (Å²) in [5, 5.41) is 11.1. The van der Waals surface area contributed by atoms with E-state index in [9.17, 15) is 4.79 Å². The Morgan fingerprint density at radius 2 is 2.11 bits per heavy atom. The number of ether oxygens (including phenoxy) is 3. The summed E-state index contributed by atoms with van der Waals surface area (Å²) < 4.78 is 14.9. The summed E-state index contributed by atoms with van der Waals surface area (Å²) in [6.45, 7) is 0.0578. The van der Waals surface area contributed by atoms with E-state index >= 15 is 0 Å². The fourth-order valence-corrected chi connectivity index (χ4v) is 1.35. The van der Waals surface area contributed by atoms with Crippen LogP contribution in [0.3, 0.4) is 0 Å². The van der Waals surface area contributed by atoms with Crippen LogP contribution in [0.25, 0.3) is 0 Å². The molecule has 1 aromatic carbocycles. The highest BCUT2D eigenvalue weighted by molar-refractivity contribution is 5.67. The average molecular weight is 255 g/mol. The first-order chi connectivity index (χ1) is 8.71. The van der Waals surface area contributed by atoms with Crippen molar-refractivity contribution in [3.05, 3.63) is 23.8 Å². The highest BCUT2D eigenvalue weighted by Gasteiger charge is 2.07. The summed E-state index contributed by atoms with van der Waals surface area (Å²) in [5.74, 6) is 1.30. The number of benzene rings is 1. The van der Waals surface area contributed by atoms with Crippen LogP contribution >= 0.6 is 0 Å². The van der Waals surface area contributed by atoms with E-state index in [1.165, 1.54) is 0 Å². The maximum absolute atomic E-state index is 11.2. The van der Waals surface area contributed by atoms with Crippen LogP contribution < -0.4 is 14.8 Å². The molecule has 0 unspecified atom stereocenters. The highest BCUT2D eigenvalue weighted by Crippen LogP contribution is 2.24. The molecule has 0 saturated heterocycles. The van der Waals surface area contributed by atoms with Crippen molar-refractivity contribution < 1.29 is 24.1 Å².